The molecule has 0 spiro atoms. The third-order valence-corrected chi connectivity index (χ3v) is 4.02. The highest BCUT2D eigenvalue weighted by Gasteiger charge is 2.27. The van der Waals surface area contributed by atoms with Crippen LogP contribution in [0, 0.1) is 0 Å². The van der Waals surface area contributed by atoms with Crippen LogP contribution in [-0.4, -0.2) is 34.4 Å². The summed E-state index contributed by atoms with van der Waals surface area (Å²) in [4.78, 5) is 23.7. The van der Waals surface area contributed by atoms with Gasteiger partial charge in [0.05, 0.1) is 5.69 Å². The second-order valence-corrected chi connectivity index (χ2v) is 5.53. The number of amides is 1. The van der Waals surface area contributed by atoms with E-state index in [4.69, 9.17) is 4.74 Å². The zero-order valence-electron chi connectivity index (χ0n) is 11.6. The van der Waals surface area contributed by atoms with E-state index in [-0.39, 0.29) is 23.6 Å². The molecule has 1 N–H and O–H groups in total. The molecule has 6 heteroatoms. The highest BCUT2D eigenvalue weighted by molar-refractivity contribution is 5.81. The first-order valence-electron chi connectivity index (χ1n) is 7.11. The van der Waals surface area contributed by atoms with Gasteiger partial charge < -0.3 is 10.1 Å². The highest BCUT2D eigenvalue weighted by Crippen LogP contribution is 2.19. The van der Waals surface area contributed by atoms with E-state index in [9.17, 15) is 9.59 Å². The summed E-state index contributed by atoms with van der Waals surface area (Å²) in [6, 6.07) is 1.71. The quantitative estimate of drug-likeness (QED) is 0.821. The number of nitrogens with one attached hydrogen (secondary N) is 1. The number of ether oxygens (including phenoxy) is 1. The molecular formula is C14H19N3O3. The molecule has 0 bridgehead atoms. The third kappa shape index (κ3) is 2.60. The minimum Gasteiger partial charge on any atom is -0.368 e. The lowest BCUT2D eigenvalue weighted by atomic mass is 9.92. The van der Waals surface area contributed by atoms with Gasteiger partial charge in [0, 0.05) is 25.8 Å². The summed E-state index contributed by atoms with van der Waals surface area (Å²) in [5.41, 5.74) is 1.82. The number of nitrogens with zero attached hydrogens (tertiary/aromatic N) is 2. The number of hydrogen-bond donors (Lipinski definition) is 1. The lowest BCUT2D eigenvalue weighted by molar-refractivity contribution is -0.130. The zero-order valence-corrected chi connectivity index (χ0v) is 11.6. The van der Waals surface area contributed by atoms with Crippen LogP contribution < -0.4 is 10.9 Å². The number of rotatable bonds is 2. The first-order chi connectivity index (χ1) is 9.63. The van der Waals surface area contributed by atoms with Crippen LogP contribution in [0.15, 0.2) is 10.9 Å². The Morgan fingerprint density at radius 3 is 3.10 bits per heavy atom. The molecule has 1 aliphatic heterocycles. The molecule has 2 unspecified atom stereocenters. The van der Waals surface area contributed by atoms with Crippen molar-refractivity contribution in [3.05, 3.63) is 27.7 Å². The van der Waals surface area contributed by atoms with Gasteiger partial charge in [-0.3, -0.25) is 9.59 Å². The van der Waals surface area contributed by atoms with Gasteiger partial charge in [-0.15, -0.1) is 0 Å². The fraction of sp³-hybridized carbons (Fsp3) is 0.643. The molecule has 2 atom stereocenters. The summed E-state index contributed by atoms with van der Waals surface area (Å²) in [6.45, 7) is 0.672. The van der Waals surface area contributed by atoms with E-state index in [0.29, 0.717) is 13.0 Å². The summed E-state index contributed by atoms with van der Waals surface area (Å²) in [6.07, 6.45) is 3.79. The maximum Gasteiger partial charge on any atom is 0.266 e. The van der Waals surface area contributed by atoms with Gasteiger partial charge >= 0.3 is 0 Å². The SMILES string of the molecule is Cn1nc2c(cc1=O)CC(NC(=O)C1CCCO1)CC2. The van der Waals surface area contributed by atoms with E-state index in [2.05, 4.69) is 10.4 Å². The van der Waals surface area contributed by atoms with Crippen LogP contribution in [0.4, 0.5) is 0 Å². The Hall–Kier alpha value is -1.69. The molecule has 2 heterocycles. The summed E-state index contributed by atoms with van der Waals surface area (Å²) < 4.78 is 6.75. The van der Waals surface area contributed by atoms with Crippen molar-refractivity contribution in [3.8, 4) is 0 Å². The topological polar surface area (TPSA) is 73.2 Å². The predicted octanol–water partition coefficient (Wildman–Crippen LogP) is -0.0672. The Kier molecular flexibility index (Phi) is 3.56. The largest absolute Gasteiger partial charge is 0.368 e. The van der Waals surface area contributed by atoms with Gasteiger partial charge in [0.15, 0.2) is 0 Å². The average Bonchev–Trinajstić information content (AvgIpc) is 2.94. The predicted molar refractivity (Wildman–Crippen MR) is 72.4 cm³/mol. The van der Waals surface area contributed by atoms with Crippen LogP contribution in [0.1, 0.15) is 30.5 Å². The van der Waals surface area contributed by atoms with Crippen LogP contribution in [-0.2, 0) is 29.4 Å². The summed E-state index contributed by atoms with van der Waals surface area (Å²) in [5, 5.41) is 7.31. The van der Waals surface area contributed by atoms with Crippen molar-refractivity contribution >= 4 is 5.91 Å². The molecule has 3 rings (SSSR count). The zero-order chi connectivity index (χ0) is 14.1. The van der Waals surface area contributed by atoms with E-state index >= 15 is 0 Å². The molecule has 1 amide bonds. The number of aromatic nitrogens is 2. The first-order valence-corrected chi connectivity index (χ1v) is 7.11. The van der Waals surface area contributed by atoms with Crippen LogP contribution in [0.5, 0.6) is 0 Å². The molecule has 1 aromatic rings. The van der Waals surface area contributed by atoms with Crippen molar-refractivity contribution in [3.63, 3.8) is 0 Å². The molecule has 1 saturated heterocycles. The number of carbonyl (C=O) groups excluding carboxylic acids is 1. The smallest absolute Gasteiger partial charge is 0.266 e. The highest BCUT2D eigenvalue weighted by atomic mass is 16.5. The lowest BCUT2D eigenvalue weighted by Crippen LogP contribution is -2.44. The molecule has 1 fully saturated rings. The van der Waals surface area contributed by atoms with E-state index < -0.39 is 0 Å². The van der Waals surface area contributed by atoms with E-state index in [1.54, 1.807) is 13.1 Å². The van der Waals surface area contributed by atoms with Gasteiger partial charge in [0.2, 0.25) is 5.91 Å². The summed E-state index contributed by atoms with van der Waals surface area (Å²) in [7, 11) is 1.66. The number of fused-ring (bicyclic) bond motifs is 1. The van der Waals surface area contributed by atoms with Crippen LogP contribution in [0.25, 0.3) is 0 Å². The fourth-order valence-electron chi connectivity index (χ4n) is 2.89. The molecule has 20 heavy (non-hydrogen) atoms. The monoisotopic (exact) mass is 277 g/mol. The molecular weight excluding hydrogens is 258 g/mol. The van der Waals surface area contributed by atoms with E-state index in [0.717, 1.165) is 36.9 Å². The van der Waals surface area contributed by atoms with Crippen molar-refractivity contribution in [2.75, 3.05) is 6.61 Å². The molecule has 0 aromatic carbocycles. The van der Waals surface area contributed by atoms with Gasteiger partial charge in [0.25, 0.3) is 5.56 Å². The van der Waals surface area contributed by atoms with Gasteiger partial charge in [-0.25, -0.2) is 4.68 Å². The molecule has 0 radical (unpaired) electrons. The van der Waals surface area contributed by atoms with E-state index in [1.165, 1.54) is 4.68 Å². The Bertz CT molecular complexity index is 576. The van der Waals surface area contributed by atoms with Crippen molar-refractivity contribution < 1.29 is 9.53 Å². The normalized spacial score (nSPS) is 25.2. The van der Waals surface area contributed by atoms with Gasteiger partial charge in [-0.05, 0) is 37.7 Å². The minimum atomic E-state index is -0.293. The van der Waals surface area contributed by atoms with Crippen molar-refractivity contribution in [2.24, 2.45) is 7.05 Å². The van der Waals surface area contributed by atoms with Crippen molar-refractivity contribution in [1.29, 1.82) is 0 Å². The Morgan fingerprint density at radius 1 is 1.50 bits per heavy atom. The Balaban J connectivity index is 1.67. The van der Waals surface area contributed by atoms with Crippen molar-refractivity contribution in [1.82, 2.24) is 15.1 Å². The molecule has 1 aromatic heterocycles. The second kappa shape index (κ2) is 5.36. The molecule has 6 nitrogen and oxygen atoms in total. The average molecular weight is 277 g/mol. The fourth-order valence-corrected chi connectivity index (χ4v) is 2.89. The van der Waals surface area contributed by atoms with Crippen LogP contribution in [0.2, 0.25) is 0 Å². The number of carbonyl (C=O) groups is 1. The van der Waals surface area contributed by atoms with Crippen LogP contribution >= 0.6 is 0 Å². The second-order valence-electron chi connectivity index (χ2n) is 5.53. The van der Waals surface area contributed by atoms with Gasteiger partial charge in [-0.2, -0.15) is 5.10 Å². The molecule has 2 aliphatic rings. The first kappa shape index (κ1) is 13.3. The number of aryl methyl sites for hydroxylation is 2. The molecule has 1 aliphatic carbocycles. The maximum atomic E-state index is 12.0. The standard InChI is InChI=1S/C14H19N3O3/c1-17-13(18)8-9-7-10(4-5-11(9)16-17)15-14(19)12-3-2-6-20-12/h8,10,12H,2-7H2,1H3,(H,15,19). The van der Waals surface area contributed by atoms with Crippen LogP contribution in [0.3, 0.4) is 0 Å². The summed E-state index contributed by atoms with van der Waals surface area (Å²) >= 11 is 0. The lowest BCUT2D eigenvalue weighted by Gasteiger charge is -2.25. The third-order valence-electron chi connectivity index (χ3n) is 4.02. The Morgan fingerprint density at radius 2 is 2.35 bits per heavy atom. The minimum absolute atomic E-state index is 0.0206. The summed E-state index contributed by atoms with van der Waals surface area (Å²) in [5.74, 6) is -0.0206. The molecule has 108 valence electrons. The molecule has 0 saturated carbocycles. The maximum absolute atomic E-state index is 12.0. The Labute approximate surface area is 117 Å². The van der Waals surface area contributed by atoms with Gasteiger partial charge in [0.1, 0.15) is 6.10 Å². The number of hydrogen-bond acceptors (Lipinski definition) is 4. The van der Waals surface area contributed by atoms with Crippen molar-refractivity contribution in [2.45, 2.75) is 44.2 Å². The van der Waals surface area contributed by atoms with Gasteiger partial charge in [-0.1, -0.05) is 0 Å². The van der Waals surface area contributed by atoms with E-state index in [1.807, 2.05) is 0 Å².